The molecule has 2 N–H and O–H groups in total. The van der Waals surface area contributed by atoms with E-state index in [2.05, 4.69) is 10.4 Å². The van der Waals surface area contributed by atoms with Gasteiger partial charge in [0.15, 0.2) is 0 Å². The van der Waals surface area contributed by atoms with Crippen LogP contribution < -0.4 is 5.32 Å². The van der Waals surface area contributed by atoms with Crippen LogP contribution in [0, 0.1) is 16.0 Å². The Hall–Kier alpha value is -2.12. The van der Waals surface area contributed by atoms with Crippen molar-refractivity contribution < 1.29 is 14.8 Å². The molecular formula is C13H20N4O4. The van der Waals surface area contributed by atoms with Crippen molar-refractivity contribution in [3.05, 3.63) is 15.8 Å². The normalized spacial score (nSPS) is 21.4. The number of carbonyl (C=O) groups is 1. The lowest BCUT2D eigenvalue weighted by Gasteiger charge is -2.13. The Bertz CT molecular complexity index is 555. The second kappa shape index (κ2) is 6.11. The van der Waals surface area contributed by atoms with Gasteiger partial charge in [-0.05, 0) is 25.7 Å². The van der Waals surface area contributed by atoms with Crippen LogP contribution in [0.25, 0.3) is 0 Å². The van der Waals surface area contributed by atoms with E-state index in [0.717, 1.165) is 6.42 Å². The molecule has 0 bridgehead atoms. The van der Waals surface area contributed by atoms with E-state index in [-0.39, 0.29) is 17.6 Å². The molecular weight excluding hydrogens is 276 g/mol. The van der Waals surface area contributed by atoms with Crippen LogP contribution in [0.3, 0.4) is 0 Å². The van der Waals surface area contributed by atoms with Gasteiger partial charge in [0.05, 0.1) is 10.8 Å². The quantitative estimate of drug-likeness (QED) is 0.613. The third-order valence-corrected chi connectivity index (χ3v) is 3.88. The second-order valence-electron chi connectivity index (χ2n) is 5.46. The van der Waals surface area contributed by atoms with Gasteiger partial charge in [-0.2, -0.15) is 5.10 Å². The fourth-order valence-corrected chi connectivity index (χ4v) is 2.86. The molecule has 2 rings (SSSR count). The number of aromatic nitrogens is 2. The van der Waals surface area contributed by atoms with Gasteiger partial charge in [-0.15, -0.1) is 0 Å². The Morgan fingerprint density at radius 1 is 1.57 bits per heavy atom. The molecule has 116 valence electrons. The maximum Gasteiger partial charge on any atom is 0.333 e. The number of nitrogens with one attached hydrogen (secondary N) is 1. The number of carboxylic acids is 1. The summed E-state index contributed by atoms with van der Waals surface area (Å²) in [7, 11) is 1.66. The topological polar surface area (TPSA) is 110 Å². The minimum Gasteiger partial charge on any atom is -0.481 e. The summed E-state index contributed by atoms with van der Waals surface area (Å²) in [5.41, 5.74) is 0.485. The van der Waals surface area contributed by atoms with Crippen LogP contribution in [-0.2, 0) is 18.3 Å². The van der Waals surface area contributed by atoms with Gasteiger partial charge in [0.25, 0.3) is 0 Å². The van der Waals surface area contributed by atoms with Crippen molar-refractivity contribution in [1.29, 1.82) is 0 Å². The molecule has 1 aliphatic rings. The van der Waals surface area contributed by atoms with E-state index in [1.165, 1.54) is 4.68 Å². The lowest BCUT2D eigenvalue weighted by Crippen LogP contribution is -2.20. The van der Waals surface area contributed by atoms with Gasteiger partial charge in [-0.25, -0.2) is 4.68 Å². The summed E-state index contributed by atoms with van der Waals surface area (Å²) in [6.45, 7) is 1.94. The molecule has 8 nitrogen and oxygen atoms in total. The first-order chi connectivity index (χ1) is 9.93. The van der Waals surface area contributed by atoms with Gasteiger partial charge in [0.2, 0.25) is 5.82 Å². The summed E-state index contributed by atoms with van der Waals surface area (Å²) in [5.74, 6) is -0.796. The van der Waals surface area contributed by atoms with E-state index < -0.39 is 10.9 Å². The lowest BCUT2D eigenvalue weighted by atomic mass is 10.1. The lowest BCUT2D eigenvalue weighted by molar-refractivity contribution is -0.384. The van der Waals surface area contributed by atoms with E-state index in [1.54, 1.807) is 7.05 Å². The van der Waals surface area contributed by atoms with Crippen LogP contribution in [-0.4, -0.2) is 31.8 Å². The molecule has 0 spiro atoms. The molecule has 1 fully saturated rings. The predicted molar refractivity (Wildman–Crippen MR) is 76.2 cm³/mol. The molecule has 0 aromatic carbocycles. The number of hydrogen-bond acceptors (Lipinski definition) is 5. The van der Waals surface area contributed by atoms with Gasteiger partial charge in [-0.1, -0.05) is 13.3 Å². The van der Waals surface area contributed by atoms with Crippen molar-refractivity contribution in [1.82, 2.24) is 9.78 Å². The van der Waals surface area contributed by atoms with Crippen LogP contribution in [0.1, 0.15) is 38.3 Å². The SMILES string of the molecule is CCCc1nn(C)c(NC2CCC(C(=O)O)C2)c1[N+](=O)[O-]. The third-order valence-electron chi connectivity index (χ3n) is 3.88. The summed E-state index contributed by atoms with van der Waals surface area (Å²) in [6, 6.07) is -0.0605. The maximum atomic E-state index is 11.3. The number of hydrogen-bond donors (Lipinski definition) is 2. The highest BCUT2D eigenvalue weighted by Gasteiger charge is 2.33. The molecule has 1 heterocycles. The second-order valence-corrected chi connectivity index (χ2v) is 5.46. The zero-order chi connectivity index (χ0) is 15.6. The molecule has 0 amide bonds. The average Bonchev–Trinajstić information content (AvgIpc) is 2.96. The summed E-state index contributed by atoms with van der Waals surface area (Å²) < 4.78 is 1.48. The van der Waals surface area contributed by atoms with Crippen molar-refractivity contribution in [2.24, 2.45) is 13.0 Å². The number of aryl methyl sites for hydroxylation is 2. The summed E-state index contributed by atoms with van der Waals surface area (Å²) >= 11 is 0. The molecule has 1 aliphatic carbocycles. The van der Waals surface area contributed by atoms with Gasteiger partial charge in [-0.3, -0.25) is 14.9 Å². The fourth-order valence-electron chi connectivity index (χ4n) is 2.86. The Morgan fingerprint density at radius 3 is 2.81 bits per heavy atom. The average molecular weight is 296 g/mol. The van der Waals surface area contributed by atoms with E-state index in [1.807, 2.05) is 6.92 Å². The maximum absolute atomic E-state index is 11.3. The molecule has 1 aromatic heterocycles. The third kappa shape index (κ3) is 3.14. The van der Waals surface area contributed by atoms with Crippen LogP contribution in [0.4, 0.5) is 11.5 Å². The number of carboxylic acid groups (broad SMARTS) is 1. The molecule has 8 heteroatoms. The Morgan fingerprint density at radius 2 is 2.29 bits per heavy atom. The van der Waals surface area contributed by atoms with Crippen molar-refractivity contribution in [3.63, 3.8) is 0 Å². The molecule has 2 unspecified atom stereocenters. The monoisotopic (exact) mass is 296 g/mol. The Labute approximate surface area is 122 Å². The molecule has 2 atom stereocenters. The summed E-state index contributed by atoms with van der Waals surface area (Å²) in [6.07, 6.45) is 3.11. The fraction of sp³-hybridized carbons (Fsp3) is 0.692. The standard InChI is InChI=1S/C13H20N4O4/c1-3-4-10-11(17(20)21)12(16(2)15-10)14-9-6-5-8(7-9)13(18)19/h8-9,14H,3-7H2,1-2H3,(H,18,19). The van der Waals surface area contributed by atoms with Crippen molar-refractivity contribution >= 4 is 17.5 Å². The van der Waals surface area contributed by atoms with E-state index >= 15 is 0 Å². The van der Waals surface area contributed by atoms with Gasteiger partial charge < -0.3 is 10.4 Å². The first kappa shape index (κ1) is 15.3. The molecule has 0 radical (unpaired) electrons. The molecule has 1 saturated carbocycles. The summed E-state index contributed by atoms with van der Waals surface area (Å²) in [4.78, 5) is 21.9. The zero-order valence-corrected chi connectivity index (χ0v) is 12.2. The van der Waals surface area contributed by atoms with Crippen LogP contribution in [0.2, 0.25) is 0 Å². The highest BCUT2D eigenvalue weighted by Crippen LogP contribution is 2.33. The van der Waals surface area contributed by atoms with Crippen LogP contribution in [0.5, 0.6) is 0 Å². The number of nitro groups is 1. The number of anilines is 1. The first-order valence-electron chi connectivity index (χ1n) is 7.13. The van der Waals surface area contributed by atoms with Crippen molar-refractivity contribution in [2.75, 3.05) is 5.32 Å². The van der Waals surface area contributed by atoms with Crippen molar-refractivity contribution in [2.45, 2.75) is 45.1 Å². The molecule has 0 saturated heterocycles. The van der Waals surface area contributed by atoms with Crippen LogP contribution >= 0.6 is 0 Å². The predicted octanol–water partition coefficient (Wildman–Crippen LogP) is 1.95. The smallest absolute Gasteiger partial charge is 0.333 e. The zero-order valence-electron chi connectivity index (χ0n) is 12.2. The van der Waals surface area contributed by atoms with E-state index in [0.29, 0.717) is 37.2 Å². The molecule has 0 aliphatic heterocycles. The highest BCUT2D eigenvalue weighted by atomic mass is 16.6. The number of rotatable bonds is 6. The Kier molecular flexibility index (Phi) is 4.44. The van der Waals surface area contributed by atoms with E-state index in [4.69, 9.17) is 5.11 Å². The Balaban J connectivity index is 2.20. The number of aliphatic carboxylic acids is 1. The highest BCUT2D eigenvalue weighted by molar-refractivity contribution is 5.70. The van der Waals surface area contributed by atoms with Gasteiger partial charge >= 0.3 is 11.7 Å². The number of nitrogens with zero attached hydrogens (tertiary/aromatic N) is 3. The van der Waals surface area contributed by atoms with E-state index in [9.17, 15) is 14.9 Å². The largest absolute Gasteiger partial charge is 0.481 e. The molecule has 21 heavy (non-hydrogen) atoms. The van der Waals surface area contributed by atoms with Crippen molar-refractivity contribution in [3.8, 4) is 0 Å². The minimum atomic E-state index is -0.800. The summed E-state index contributed by atoms with van der Waals surface area (Å²) in [5, 5.41) is 27.6. The first-order valence-corrected chi connectivity index (χ1v) is 7.13. The molecule has 1 aromatic rings. The minimum absolute atomic E-state index is 0.0122. The van der Waals surface area contributed by atoms with Gasteiger partial charge in [0.1, 0.15) is 5.69 Å². The van der Waals surface area contributed by atoms with Gasteiger partial charge in [0, 0.05) is 13.1 Å². The van der Waals surface area contributed by atoms with Crippen LogP contribution in [0.15, 0.2) is 0 Å².